The van der Waals surface area contributed by atoms with Crippen molar-refractivity contribution < 1.29 is 4.79 Å². The highest BCUT2D eigenvalue weighted by Gasteiger charge is 2.05. The van der Waals surface area contributed by atoms with Crippen molar-refractivity contribution in [3.05, 3.63) is 42.0 Å². The molecule has 2 N–H and O–H groups in total. The predicted molar refractivity (Wildman–Crippen MR) is 63.6 cm³/mol. The molecule has 0 saturated heterocycles. The van der Waals surface area contributed by atoms with Crippen molar-refractivity contribution in [3.63, 3.8) is 0 Å². The molecule has 0 aliphatic heterocycles. The van der Waals surface area contributed by atoms with Crippen molar-refractivity contribution >= 4 is 11.5 Å². The molecule has 1 aromatic carbocycles. The highest BCUT2D eigenvalue weighted by atomic mass is 16.1. The molecule has 0 spiro atoms. The van der Waals surface area contributed by atoms with Gasteiger partial charge in [0.05, 0.1) is 0 Å². The lowest BCUT2D eigenvalue weighted by molar-refractivity contribution is -0.117. The zero-order valence-electron chi connectivity index (χ0n) is 9.12. The number of nitrogen functional groups attached to an aromatic ring is 1. The van der Waals surface area contributed by atoms with Gasteiger partial charge in [0.1, 0.15) is 5.78 Å². The summed E-state index contributed by atoms with van der Waals surface area (Å²) >= 11 is 0. The first-order chi connectivity index (χ1) is 7.11. The van der Waals surface area contributed by atoms with Gasteiger partial charge < -0.3 is 5.73 Å². The summed E-state index contributed by atoms with van der Waals surface area (Å²) in [6.07, 6.45) is 1.79. The summed E-state index contributed by atoms with van der Waals surface area (Å²) in [6.45, 7) is 5.84. The number of ketones is 1. The Morgan fingerprint density at radius 1 is 1.47 bits per heavy atom. The van der Waals surface area contributed by atoms with Gasteiger partial charge in [-0.15, -0.1) is 0 Å². The van der Waals surface area contributed by atoms with E-state index >= 15 is 0 Å². The molecule has 1 rings (SSSR count). The van der Waals surface area contributed by atoms with Gasteiger partial charge in [0.25, 0.3) is 0 Å². The van der Waals surface area contributed by atoms with Crippen molar-refractivity contribution in [1.29, 1.82) is 0 Å². The van der Waals surface area contributed by atoms with Crippen molar-refractivity contribution in [2.24, 2.45) is 0 Å². The van der Waals surface area contributed by atoms with Crippen LogP contribution in [0.3, 0.4) is 0 Å². The van der Waals surface area contributed by atoms with Crippen LogP contribution in [0.4, 0.5) is 5.69 Å². The first-order valence-corrected chi connectivity index (χ1v) is 5.14. The summed E-state index contributed by atoms with van der Waals surface area (Å²) < 4.78 is 0. The number of nitrogens with two attached hydrogens (primary N) is 1. The SMILES string of the molecule is C=C(CC)CC(=O)Cc1cccc(N)c1. The fourth-order valence-electron chi connectivity index (χ4n) is 1.40. The average Bonchev–Trinajstić information content (AvgIpc) is 2.17. The van der Waals surface area contributed by atoms with Gasteiger partial charge in [-0.1, -0.05) is 31.2 Å². The molecule has 0 bridgehead atoms. The van der Waals surface area contributed by atoms with E-state index in [1.165, 1.54) is 0 Å². The first-order valence-electron chi connectivity index (χ1n) is 5.14. The van der Waals surface area contributed by atoms with Crippen LogP contribution < -0.4 is 5.73 Å². The van der Waals surface area contributed by atoms with Gasteiger partial charge in [0.2, 0.25) is 0 Å². The molecule has 0 aliphatic carbocycles. The standard InChI is InChI=1S/C13H17NO/c1-3-10(2)7-13(15)9-11-5-4-6-12(14)8-11/h4-6,8H,2-3,7,9,14H2,1H3. The maximum absolute atomic E-state index is 11.6. The van der Waals surface area contributed by atoms with Crippen LogP contribution in [-0.2, 0) is 11.2 Å². The van der Waals surface area contributed by atoms with E-state index in [0.29, 0.717) is 18.5 Å². The van der Waals surface area contributed by atoms with Crippen LogP contribution in [0.1, 0.15) is 25.3 Å². The summed E-state index contributed by atoms with van der Waals surface area (Å²) in [7, 11) is 0. The molecule has 0 saturated carbocycles. The number of hydrogen-bond acceptors (Lipinski definition) is 2. The largest absolute Gasteiger partial charge is 0.399 e. The zero-order chi connectivity index (χ0) is 11.3. The molecule has 0 unspecified atom stereocenters. The molecule has 15 heavy (non-hydrogen) atoms. The normalized spacial score (nSPS) is 9.93. The molecule has 0 fully saturated rings. The Morgan fingerprint density at radius 2 is 2.20 bits per heavy atom. The molecule has 0 aromatic heterocycles. The first kappa shape index (κ1) is 11.5. The minimum atomic E-state index is 0.201. The highest BCUT2D eigenvalue weighted by molar-refractivity contribution is 5.83. The van der Waals surface area contributed by atoms with Gasteiger partial charge in [0, 0.05) is 18.5 Å². The van der Waals surface area contributed by atoms with Crippen molar-refractivity contribution in [3.8, 4) is 0 Å². The van der Waals surface area contributed by atoms with Crippen molar-refractivity contribution in [2.45, 2.75) is 26.2 Å². The Kier molecular flexibility index (Phi) is 4.10. The summed E-state index contributed by atoms with van der Waals surface area (Å²) in [4.78, 5) is 11.6. The minimum Gasteiger partial charge on any atom is -0.399 e. The predicted octanol–water partition coefficient (Wildman–Crippen LogP) is 2.74. The number of carbonyl (C=O) groups excluding carboxylic acids is 1. The Bertz CT molecular complexity index is 369. The number of allylic oxidation sites excluding steroid dienone is 1. The summed E-state index contributed by atoms with van der Waals surface area (Å²) in [6, 6.07) is 7.45. The molecule has 0 amide bonds. The Labute approximate surface area is 90.8 Å². The van der Waals surface area contributed by atoms with Crippen LogP contribution in [0.5, 0.6) is 0 Å². The lowest BCUT2D eigenvalue weighted by atomic mass is 10.0. The number of benzene rings is 1. The quantitative estimate of drug-likeness (QED) is 0.590. The Hall–Kier alpha value is -1.57. The smallest absolute Gasteiger partial charge is 0.141 e. The maximum Gasteiger partial charge on any atom is 0.141 e. The molecule has 0 aliphatic rings. The summed E-state index contributed by atoms with van der Waals surface area (Å²) in [5, 5.41) is 0. The molecular weight excluding hydrogens is 186 g/mol. The molecule has 0 heterocycles. The summed E-state index contributed by atoms with van der Waals surface area (Å²) in [5.41, 5.74) is 8.30. The molecule has 0 atom stereocenters. The summed E-state index contributed by atoms with van der Waals surface area (Å²) in [5.74, 6) is 0.201. The van der Waals surface area contributed by atoms with Gasteiger partial charge in [0.15, 0.2) is 0 Å². The number of rotatable bonds is 5. The fourth-order valence-corrected chi connectivity index (χ4v) is 1.40. The third-order valence-corrected chi connectivity index (χ3v) is 2.30. The number of carbonyl (C=O) groups is 1. The number of hydrogen-bond donors (Lipinski definition) is 1. The van der Waals surface area contributed by atoms with Gasteiger partial charge in [-0.2, -0.15) is 0 Å². The molecule has 1 aromatic rings. The second-order valence-electron chi connectivity index (χ2n) is 3.74. The Morgan fingerprint density at radius 3 is 2.80 bits per heavy atom. The van der Waals surface area contributed by atoms with Crippen molar-refractivity contribution in [1.82, 2.24) is 0 Å². The van der Waals surface area contributed by atoms with Crippen LogP contribution >= 0.6 is 0 Å². The average molecular weight is 203 g/mol. The minimum absolute atomic E-state index is 0.201. The molecule has 80 valence electrons. The van der Waals surface area contributed by atoms with E-state index < -0.39 is 0 Å². The van der Waals surface area contributed by atoms with Crippen LogP contribution in [0.15, 0.2) is 36.4 Å². The van der Waals surface area contributed by atoms with Gasteiger partial charge in [-0.25, -0.2) is 0 Å². The third-order valence-electron chi connectivity index (χ3n) is 2.30. The van der Waals surface area contributed by atoms with Crippen molar-refractivity contribution in [2.75, 3.05) is 5.73 Å². The van der Waals surface area contributed by atoms with Gasteiger partial charge in [-0.3, -0.25) is 4.79 Å². The Balaban J connectivity index is 2.55. The second-order valence-corrected chi connectivity index (χ2v) is 3.74. The third kappa shape index (κ3) is 3.98. The fraction of sp³-hybridized carbons (Fsp3) is 0.308. The van der Waals surface area contributed by atoms with E-state index in [2.05, 4.69) is 6.58 Å². The van der Waals surface area contributed by atoms with E-state index in [0.717, 1.165) is 17.6 Å². The molecule has 2 heteroatoms. The van der Waals surface area contributed by atoms with Gasteiger partial charge in [-0.05, 0) is 24.1 Å². The lowest BCUT2D eigenvalue weighted by Gasteiger charge is -2.03. The number of anilines is 1. The number of Topliss-reactive ketones (excluding diaryl/α,β-unsaturated/α-hetero) is 1. The molecule has 0 radical (unpaired) electrons. The van der Waals surface area contributed by atoms with E-state index in [9.17, 15) is 4.79 Å². The highest BCUT2D eigenvalue weighted by Crippen LogP contribution is 2.11. The van der Waals surface area contributed by atoms with Crippen LogP contribution in [0.25, 0.3) is 0 Å². The zero-order valence-corrected chi connectivity index (χ0v) is 9.12. The van der Waals surface area contributed by atoms with Crippen LogP contribution in [-0.4, -0.2) is 5.78 Å². The second kappa shape index (κ2) is 5.35. The molecular formula is C13H17NO. The monoisotopic (exact) mass is 203 g/mol. The maximum atomic E-state index is 11.6. The van der Waals surface area contributed by atoms with Crippen LogP contribution in [0.2, 0.25) is 0 Å². The van der Waals surface area contributed by atoms with E-state index in [1.54, 1.807) is 0 Å². The van der Waals surface area contributed by atoms with E-state index in [1.807, 2.05) is 31.2 Å². The van der Waals surface area contributed by atoms with E-state index in [4.69, 9.17) is 5.73 Å². The van der Waals surface area contributed by atoms with Crippen LogP contribution in [0, 0.1) is 0 Å². The van der Waals surface area contributed by atoms with Gasteiger partial charge >= 0.3 is 0 Å². The molecule has 2 nitrogen and oxygen atoms in total. The topological polar surface area (TPSA) is 43.1 Å². The lowest BCUT2D eigenvalue weighted by Crippen LogP contribution is -2.03. The van der Waals surface area contributed by atoms with E-state index in [-0.39, 0.29) is 5.78 Å².